The first-order valence-corrected chi connectivity index (χ1v) is 8.82. The molecule has 8 nitrogen and oxygen atoms in total. The minimum atomic E-state index is -2.95. The van der Waals surface area contributed by atoms with Gasteiger partial charge in [-0.1, -0.05) is 30.3 Å². The van der Waals surface area contributed by atoms with E-state index in [0.29, 0.717) is 5.69 Å². The van der Waals surface area contributed by atoms with Gasteiger partial charge in [0, 0.05) is 5.69 Å². The van der Waals surface area contributed by atoms with Gasteiger partial charge in [-0.05, 0) is 36.8 Å². The molecule has 2 aromatic carbocycles. The summed E-state index contributed by atoms with van der Waals surface area (Å²) >= 11 is 0. The molecule has 0 radical (unpaired) electrons. The lowest BCUT2D eigenvalue weighted by molar-refractivity contribution is -0.148. The number of hydrogen-bond acceptors (Lipinski definition) is 6. The monoisotopic (exact) mass is 422 g/mol. The van der Waals surface area contributed by atoms with Crippen LogP contribution in [-0.2, 0) is 25.7 Å². The summed E-state index contributed by atoms with van der Waals surface area (Å²) in [5.74, 6) is -1.54. The van der Waals surface area contributed by atoms with Crippen LogP contribution in [0.25, 0.3) is 0 Å². The van der Waals surface area contributed by atoms with Crippen LogP contribution >= 0.6 is 0 Å². The molecule has 2 rings (SSSR count). The van der Waals surface area contributed by atoms with E-state index in [1.165, 1.54) is 31.2 Å². The van der Waals surface area contributed by atoms with E-state index in [4.69, 9.17) is 9.47 Å². The van der Waals surface area contributed by atoms with Crippen LogP contribution in [0.4, 0.5) is 19.3 Å². The van der Waals surface area contributed by atoms with Crippen molar-refractivity contribution in [3.05, 3.63) is 60.2 Å². The zero-order valence-electron chi connectivity index (χ0n) is 16.0. The molecule has 0 aliphatic carbocycles. The summed E-state index contributed by atoms with van der Waals surface area (Å²) in [6.07, 6.45) is -0.807. The Labute approximate surface area is 171 Å². The van der Waals surface area contributed by atoms with Crippen molar-refractivity contribution in [1.82, 2.24) is 5.32 Å². The Morgan fingerprint density at radius 1 is 0.967 bits per heavy atom. The lowest BCUT2D eigenvalue weighted by Gasteiger charge is -2.13. The van der Waals surface area contributed by atoms with Crippen molar-refractivity contribution in [1.29, 1.82) is 0 Å². The summed E-state index contributed by atoms with van der Waals surface area (Å²) in [5, 5.41) is 4.73. The average Bonchev–Trinajstić information content (AvgIpc) is 2.72. The SMILES string of the molecule is C[C@H](NC(=O)OCc1ccccc1)C(=O)OCC(=O)Nc1ccc(OC(F)F)cc1. The van der Waals surface area contributed by atoms with Gasteiger partial charge in [0.15, 0.2) is 6.61 Å². The summed E-state index contributed by atoms with van der Waals surface area (Å²) in [4.78, 5) is 35.5. The van der Waals surface area contributed by atoms with Gasteiger partial charge in [0.1, 0.15) is 18.4 Å². The highest BCUT2D eigenvalue weighted by Gasteiger charge is 2.19. The molecule has 2 N–H and O–H groups in total. The Hall–Kier alpha value is -3.69. The average molecular weight is 422 g/mol. The first-order valence-electron chi connectivity index (χ1n) is 8.82. The molecule has 1 atom stereocenters. The molecule has 0 aliphatic rings. The van der Waals surface area contributed by atoms with Crippen molar-refractivity contribution in [2.45, 2.75) is 26.2 Å². The number of esters is 1. The molecule has 2 aromatic rings. The first kappa shape index (κ1) is 22.6. The highest BCUT2D eigenvalue weighted by atomic mass is 19.3. The molecule has 0 heterocycles. The van der Waals surface area contributed by atoms with Crippen LogP contribution in [0, 0.1) is 0 Å². The molecular formula is C20H20F2N2O6. The van der Waals surface area contributed by atoms with Gasteiger partial charge >= 0.3 is 18.7 Å². The minimum Gasteiger partial charge on any atom is -0.454 e. The van der Waals surface area contributed by atoms with Crippen molar-refractivity contribution >= 4 is 23.7 Å². The standard InChI is InChI=1S/C20H20F2N2O6/c1-13(23-20(27)29-11-14-5-3-2-4-6-14)18(26)28-12-17(25)24-15-7-9-16(10-8-15)30-19(21)22/h2-10,13,19H,11-12H2,1H3,(H,23,27)(H,24,25)/t13-/m0/s1. The van der Waals surface area contributed by atoms with Crippen LogP contribution in [0.15, 0.2) is 54.6 Å². The second kappa shape index (κ2) is 11.3. The third-order valence-corrected chi connectivity index (χ3v) is 3.61. The zero-order chi connectivity index (χ0) is 21.9. The van der Waals surface area contributed by atoms with Crippen molar-refractivity contribution in [2.75, 3.05) is 11.9 Å². The number of amides is 2. The number of carbonyl (C=O) groups is 3. The highest BCUT2D eigenvalue weighted by molar-refractivity contribution is 5.93. The second-order valence-electron chi connectivity index (χ2n) is 5.99. The zero-order valence-corrected chi connectivity index (χ0v) is 16.0. The Balaban J connectivity index is 1.69. The van der Waals surface area contributed by atoms with Crippen LogP contribution in [0.3, 0.4) is 0 Å². The van der Waals surface area contributed by atoms with E-state index in [1.807, 2.05) is 6.07 Å². The van der Waals surface area contributed by atoms with Gasteiger partial charge in [-0.15, -0.1) is 0 Å². The third-order valence-electron chi connectivity index (χ3n) is 3.61. The lowest BCUT2D eigenvalue weighted by Crippen LogP contribution is -2.40. The Kier molecular flexibility index (Phi) is 8.55. The van der Waals surface area contributed by atoms with E-state index < -0.39 is 37.2 Å². The fourth-order valence-electron chi connectivity index (χ4n) is 2.18. The number of alkyl carbamates (subject to hydrolysis) is 1. The summed E-state index contributed by atoms with van der Waals surface area (Å²) in [6.45, 7) is -2.13. The van der Waals surface area contributed by atoms with E-state index in [1.54, 1.807) is 24.3 Å². The highest BCUT2D eigenvalue weighted by Crippen LogP contribution is 2.17. The Morgan fingerprint density at radius 2 is 1.63 bits per heavy atom. The number of anilines is 1. The summed E-state index contributed by atoms with van der Waals surface area (Å²) in [5.41, 5.74) is 1.08. The maximum atomic E-state index is 12.1. The number of hydrogen-bond donors (Lipinski definition) is 2. The van der Waals surface area contributed by atoms with Crippen molar-refractivity contribution in [2.24, 2.45) is 0 Å². The molecule has 0 bridgehead atoms. The van der Waals surface area contributed by atoms with Gasteiger partial charge in [0.05, 0.1) is 0 Å². The molecule has 0 aromatic heterocycles. The predicted octanol–water partition coefficient (Wildman–Crippen LogP) is 3.08. The normalized spacial score (nSPS) is 11.3. The smallest absolute Gasteiger partial charge is 0.408 e. The first-order chi connectivity index (χ1) is 14.3. The third kappa shape index (κ3) is 8.13. The van der Waals surface area contributed by atoms with Crippen LogP contribution in [0.2, 0.25) is 0 Å². The molecule has 0 aliphatic heterocycles. The number of halogens is 2. The molecule has 0 fully saturated rings. The van der Waals surface area contributed by atoms with Crippen LogP contribution in [0.5, 0.6) is 5.75 Å². The van der Waals surface area contributed by atoms with Crippen LogP contribution in [0.1, 0.15) is 12.5 Å². The van der Waals surface area contributed by atoms with Gasteiger partial charge in [-0.25, -0.2) is 9.59 Å². The van der Waals surface area contributed by atoms with Crippen molar-refractivity contribution in [3.8, 4) is 5.75 Å². The Morgan fingerprint density at radius 3 is 2.27 bits per heavy atom. The maximum Gasteiger partial charge on any atom is 0.408 e. The van der Waals surface area contributed by atoms with Gasteiger partial charge in [-0.2, -0.15) is 8.78 Å². The van der Waals surface area contributed by atoms with Crippen molar-refractivity contribution < 1.29 is 37.4 Å². The largest absolute Gasteiger partial charge is 0.454 e. The molecular weight excluding hydrogens is 402 g/mol. The molecule has 2 amide bonds. The minimum absolute atomic E-state index is 0.0397. The Bertz CT molecular complexity index is 846. The topological polar surface area (TPSA) is 103 Å². The van der Waals surface area contributed by atoms with Crippen LogP contribution < -0.4 is 15.4 Å². The fourth-order valence-corrected chi connectivity index (χ4v) is 2.18. The number of rotatable bonds is 9. The number of carbonyl (C=O) groups excluding carboxylic acids is 3. The molecule has 0 unspecified atom stereocenters. The second-order valence-corrected chi connectivity index (χ2v) is 5.99. The molecule has 10 heteroatoms. The molecule has 30 heavy (non-hydrogen) atoms. The maximum absolute atomic E-state index is 12.1. The van der Waals surface area contributed by atoms with E-state index in [-0.39, 0.29) is 12.4 Å². The quantitative estimate of drug-likeness (QED) is 0.602. The molecule has 0 saturated carbocycles. The summed E-state index contributed by atoms with van der Waals surface area (Å²) in [7, 11) is 0. The van der Waals surface area contributed by atoms with Crippen molar-refractivity contribution in [3.63, 3.8) is 0 Å². The molecule has 0 saturated heterocycles. The molecule has 0 spiro atoms. The van der Waals surface area contributed by atoms with E-state index in [0.717, 1.165) is 5.56 Å². The predicted molar refractivity (Wildman–Crippen MR) is 102 cm³/mol. The van der Waals surface area contributed by atoms with E-state index >= 15 is 0 Å². The lowest BCUT2D eigenvalue weighted by atomic mass is 10.2. The van der Waals surface area contributed by atoms with E-state index in [9.17, 15) is 23.2 Å². The van der Waals surface area contributed by atoms with E-state index in [2.05, 4.69) is 15.4 Å². The number of ether oxygens (including phenoxy) is 3. The van der Waals surface area contributed by atoms with Gasteiger partial charge in [0.2, 0.25) is 0 Å². The number of benzene rings is 2. The van der Waals surface area contributed by atoms with Gasteiger partial charge in [0.25, 0.3) is 5.91 Å². The summed E-state index contributed by atoms with van der Waals surface area (Å²) < 4.78 is 38.2. The number of alkyl halides is 2. The van der Waals surface area contributed by atoms with Gasteiger partial charge < -0.3 is 24.8 Å². The fraction of sp³-hybridized carbons (Fsp3) is 0.250. The van der Waals surface area contributed by atoms with Crippen LogP contribution in [-0.4, -0.2) is 37.2 Å². The van der Waals surface area contributed by atoms with Gasteiger partial charge in [-0.3, -0.25) is 4.79 Å². The summed E-state index contributed by atoms with van der Waals surface area (Å²) in [6, 6.07) is 13.2. The molecule has 160 valence electrons. The number of nitrogens with one attached hydrogen (secondary N) is 2.